The van der Waals surface area contributed by atoms with Crippen molar-refractivity contribution in [2.24, 2.45) is 7.05 Å². The average Bonchev–Trinajstić information content (AvgIpc) is 3.27. The number of hydrogen-bond acceptors (Lipinski definition) is 4. The minimum Gasteiger partial charge on any atom is -0.497 e. The first-order valence-corrected chi connectivity index (χ1v) is 8.67. The number of Topliss-reactive ketones (excluding diaryl/α,β-unsaturated/α-hetero) is 1. The van der Waals surface area contributed by atoms with Crippen LogP contribution in [0.4, 0.5) is 0 Å². The van der Waals surface area contributed by atoms with Gasteiger partial charge in [-0.15, -0.1) is 0 Å². The molecule has 1 amide bonds. The second kappa shape index (κ2) is 7.33. The highest BCUT2D eigenvalue weighted by molar-refractivity contribution is 6.42. The van der Waals surface area contributed by atoms with Crippen LogP contribution in [0.25, 0.3) is 0 Å². The van der Waals surface area contributed by atoms with Crippen LogP contribution in [0.3, 0.4) is 0 Å². The van der Waals surface area contributed by atoms with Gasteiger partial charge in [0.25, 0.3) is 11.7 Å². The number of ether oxygens (including phenoxy) is 1. The number of aryl methyl sites for hydroxylation is 1. The summed E-state index contributed by atoms with van der Waals surface area (Å²) < 4.78 is 6.91. The van der Waals surface area contributed by atoms with Crippen LogP contribution >= 0.6 is 0 Å². The zero-order chi connectivity index (χ0) is 18.8. The van der Waals surface area contributed by atoms with Crippen molar-refractivity contribution in [3.63, 3.8) is 0 Å². The van der Waals surface area contributed by atoms with E-state index in [1.807, 2.05) is 38.4 Å². The maximum absolute atomic E-state index is 12.8. The van der Waals surface area contributed by atoms with Crippen molar-refractivity contribution in [3.8, 4) is 5.75 Å². The fourth-order valence-corrected chi connectivity index (χ4v) is 3.60. The van der Waals surface area contributed by atoms with E-state index >= 15 is 0 Å². The van der Waals surface area contributed by atoms with Crippen molar-refractivity contribution in [1.29, 1.82) is 0 Å². The molecule has 2 heterocycles. The third-order valence-electron chi connectivity index (χ3n) is 5.15. The standard InChI is InChI=1S/C20H25N3O3/c1-21(2)18-13-23(20(25)19(24)17-6-5-11-22(17)3)12-16(18)14-7-9-15(26-4)10-8-14/h5-11,16,18H,12-13H2,1-4H3/t16-,18+/m0/s1. The smallest absolute Gasteiger partial charge is 0.296 e. The van der Waals surface area contributed by atoms with Gasteiger partial charge in [0.2, 0.25) is 0 Å². The van der Waals surface area contributed by atoms with Crippen molar-refractivity contribution >= 4 is 11.7 Å². The zero-order valence-electron chi connectivity index (χ0n) is 15.7. The first-order valence-electron chi connectivity index (χ1n) is 8.67. The molecule has 0 N–H and O–H groups in total. The van der Waals surface area contributed by atoms with E-state index in [-0.39, 0.29) is 12.0 Å². The molecule has 1 aliphatic heterocycles. The molecule has 0 bridgehead atoms. The number of nitrogens with zero attached hydrogens (tertiary/aromatic N) is 3. The molecule has 1 aromatic carbocycles. The molecule has 1 fully saturated rings. The third-order valence-corrected chi connectivity index (χ3v) is 5.15. The first kappa shape index (κ1) is 18.2. The number of likely N-dealkylation sites (N-methyl/N-ethyl adjacent to an activating group) is 1. The predicted octanol–water partition coefficient (Wildman–Crippen LogP) is 1.77. The number of carbonyl (C=O) groups excluding carboxylic acids is 2. The lowest BCUT2D eigenvalue weighted by atomic mass is 9.93. The second-order valence-corrected chi connectivity index (χ2v) is 6.95. The number of amides is 1. The molecule has 6 heteroatoms. The maximum Gasteiger partial charge on any atom is 0.296 e. The van der Waals surface area contributed by atoms with Gasteiger partial charge in [-0.25, -0.2) is 0 Å². The van der Waals surface area contributed by atoms with E-state index in [9.17, 15) is 9.59 Å². The monoisotopic (exact) mass is 355 g/mol. The molecule has 138 valence electrons. The fourth-order valence-electron chi connectivity index (χ4n) is 3.60. The summed E-state index contributed by atoms with van der Waals surface area (Å²) >= 11 is 0. The summed E-state index contributed by atoms with van der Waals surface area (Å²) in [5, 5.41) is 0. The van der Waals surface area contributed by atoms with Crippen LogP contribution in [-0.4, -0.2) is 66.4 Å². The Kier molecular flexibility index (Phi) is 5.13. The molecule has 1 aliphatic rings. The minimum atomic E-state index is -0.453. The van der Waals surface area contributed by atoms with Crippen LogP contribution in [0.15, 0.2) is 42.6 Å². The fraction of sp³-hybridized carbons (Fsp3) is 0.400. The quantitative estimate of drug-likeness (QED) is 0.606. The van der Waals surface area contributed by atoms with Crippen LogP contribution in [0.1, 0.15) is 22.0 Å². The second-order valence-electron chi connectivity index (χ2n) is 6.95. The van der Waals surface area contributed by atoms with Gasteiger partial charge in [-0.3, -0.25) is 9.59 Å². The highest BCUT2D eigenvalue weighted by atomic mass is 16.5. The molecule has 26 heavy (non-hydrogen) atoms. The maximum atomic E-state index is 12.8. The van der Waals surface area contributed by atoms with Crippen molar-refractivity contribution in [2.45, 2.75) is 12.0 Å². The molecule has 0 spiro atoms. The van der Waals surface area contributed by atoms with Gasteiger partial charge in [-0.2, -0.15) is 0 Å². The van der Waals surface area contributed by atoms with Crippen LogP contribution < -0.4 is 4.74 Å². The van der Waals surface area contributed by atoms with E-state index in [4.69, 9.17) is 4.74 Å². The highest BCUT2D eigenvalue weighted by Crippen LogP contribution is 2.31. The van der Waals surface area contributed by atoms with Crippen LogP contribution in [0, 0.1) is 0 Å². The minimum absolute atomic E-state index is 0.154. The number of methoxy groups -OCH3 is 1. The van der Waals surface area contributed by atoms with Gasteiger partial charge in [-0.05, 0) is 43.9 Å². The van der Waals surface area contributed by atoms with E-state index in [1.165, 1.54) is 0 Å². The number of ketones is 1. The summed E-state index contributed by atoms with van der Waals surface area (Å²) in [5.74, 6) is 0.0704. The normalized spacial score (nSPS) is 19.8. The zero-order valence-corrected chi connectivity index (χ0v) is 15.7. The Bertz CT molecular complexity index is 795. The summed E-state index contributed by atoms with van der Waals surface area (Å²) in [7, 11) is 7.43. The van der Waals surface area contributed by atoms with E-state index in [0.29, 0.717) is 18.8 Å². The predicted molar refractivity (Wildman–Crippen MR) is 99.5 cm³/mol. The van der Waals surface area contributed by atoms with Gasteiger partial charge in [0, 0.05) is 38.3 Å². The van der Waals surface area contributed by atoms with Gasteiger partial charge in [0.1, 0.15) is 5.75 Å². The van der Waals surface area contributed by atoms with Crippen molar-refractivity contribution in [3.05, 3.63) is 53.9 Å². The summed E-state index contributed by atoms with van der Waals surface area (Å²) in [6, 6.07) is 11.5. The molecule has 0 radical (unpaired) electrons. The molecule has 1 aromatic heterocycles. The van der Waals surface area contributed by atoms with E-state index < -0.39 is 11.7 Å². The SMILES string of the molecule is COc1ccc([C@@H]2CN(C(=O)C(=O)c3cccn3C)C[C@H]2N(C)C)cc1. The summed E-state index contributed by atoms with van der Waals surface area (Å²) in [6.07, 6.45) is 1.77. The van der Waals surface area contributed by atoms with Crippen molar-refractivity contribution in [2.75, 3.05) is 34.3 Å². The molecule has 1 saturated heterocycles. The molecule has 2 atom stereocenters. The van der Waals surface area contributed by atoms with Crippen LogP contribution in [0.2, 0.25) is 0 Å². The van der Waals surface area contributed by atoms with E-state index in [2.05, 4.69) is 4.90 Å². The molecule has 3 rings (SSSR count). The Balaban J connectivity index is 1.81. The lowest BCUT2D eigenvalue weighted by Gasteiger charge is -2.25. The number of likely N-dealkylation sites (tertiary alicyclic amines) is 1. The van der Waals surface area contributed by atoms with E-state index in [0.717, 1.165) is 11.3 Å². The highest BCUT2D eigenvalue weighted by Gasteiger charge is 2.39. The van der Waals surface area contributed by atoms with Crippen molar-refractivity contribution < 1.29 is 14.3 Å². The Morgan fingerprint density at radius 3 is 2.35 bits per heavy atom. The number of aromatic nitrogens is 1. The Morgan fingerprint density at radius 2 is 1.81 bits per heavy atom. The van der Waals surface area contributed by atoms with Gasteiger partial charge in [0.15, 0.2) is 0 Å². The Hall–Kier alpha value is -2.60. The average molecular weight is 355 g/mol. The Morgan fingerprint density at radius 1 is 1.12 bits per heavy atom. The van der Waals surface area contributed by atoms with Gasteiger partial charge in [0.05, 0.1) is 12.8 Å². The molecule has 6 nitrogen and oxygen atoms in total. The van der Waals surface area contributed by atoms with Crippen molar-refractivity contribution in [1.82, 2.24) is 14.4 Å². The third kappa shape index (κ3) is 3.37. The topological polar surface area (TPSA) is 54.8 Å². The lowest BCUT2D eigenvalue weighted by molar-refractivity contribution is -0.125. The number of rotatable bonds is 5. The summed E-state index contributed by atoms with van der Waals surface area (Å²) in [4.78, 5) is 29.1. The Labute approximate surface area is 154 Å². The lowest BCUT2D eigenvalue weighted by Crippen LogP contribution is -2.38. The number of hydrogen-bond donors (Lipinski definition) is 0. The van der Waals surface area contributed by atoms with Gasteiger partial charge >= 0.3 is 0 Å². The molecule has 0 unspecified atom stereocenters. The van der Waals surface area contributed by atoms with Gasteiger partial charge in [-0.1, -0.05) is 12.1 Å². The largest absolute Gasteiger partial charge is 0.497 e. The van der Waals surface area contributed by atoms with E-state index in [1.54, 1.807) is 42.0 Å². The molecule has 0 saturated carbocycles. The molecule has 0 aliphatic carbocycles. The first-order chi connectivity index (χ1) is 12.4. The number of carbonyl (C=O) groups is 2. The molecular weight excluding hydrogens is 330 g/mol. The molecule has 2 aromatic rings. The number of benzene rings is 1. The molecular formula is C20H25N3O3. The van der Waals surface area contributed by atoms with Crippen LogP contribution in [-0.2, 0) is 11.8 Å². The summed E-state index contributed by atoms with van der Waals surface area (Å²) in [5.41, 5.74) is 1.57. The van der Waals surface area contributed by atoms with Crippen LogP contribution in [0.5, 0.6) is 5.75 Å². The van der Waals surface area contributed by atoms with Gasteiger partial charge < -0.3 is 19.1 Å². The summed E-state index contributed by atoms with van der Waals surface area (Å²) in [6.45, 7) is 1.07.